The Morgan fingerprint density at radius 3 is 2.94 bits per heavy atom. The van der Waals surface area contributed by atoms with Crippen molar-refractivity contribution in [1.82, 2.24) is 0 Å². The maximum Gasteiger partial charge on any atom is 0.136 e. The molecule has 1 aliphatic carbocycles. The summed E-state index contributed by atoms with van der Waals surface area (Å²) in [6, 6.07) is 5.95. The van der Waals surface area contributed by atoms with Gasteiger partial charge in [0.05, 0.1) is 7.11 Å². The van der Waals surface area contributed by atoms with Crippen molar-refractivity contribution in [1.29, 1.82) is 0 Å². The van der Waals surface area contributed by atoms with Crippen LogP contribution in [0.1, 0.15) is 24.8 Å². The standard InChI is InChI=1S/C13H15BrO2/c1-16-13-6-5-11(14)8-10(13)7-9-3-2-4-12(9)15/h5-6,8-9H,2-4,7H2,1H3. The fourth-order valence-electron chi connectivity index (χ4n) is 2.28. The molecule has 16 heavy (non-hydrogen) atoms. The molecule has 1 aliphatic rings. The Morgan fingerprint density at radius 1 is 1.50 bits per heavy atom. The molecular weight excluding hydrogens is 268 g/mol. The predicted molar refractivity (Wildman–Crippen MR) is 66.7 cm³/mol. The Hall–Kier alpha value is -0.830. The molecule has 0 N–H and O–H groups in total. The maximum absolute atomic E-state index is 11.6. The molecule has 86 valence electrons. The molecule has 0 saturated heterocycles. The first-order chi connectivity index (χ1) is 7.70. The number of Topliss-reactive ketones (excluding diaryl/α,β-unsaturated/α-hetero) is 1. The van der Waals surface area contributed by atoms with Crippen LogP contribution < -0.4 is 4.74 Å². The highest BCUT2D eigenvalue weighted by molar-refractivity contribution is 9.10. The van der Waals surface area contributed by atoms with Crippen molar-refractivity contribution in [3.05, 3.63) is 28.2 Å². The number of ether oxygens (including phenoxy) is 1. The molecule has 1 unspecified atom stereocenters. The minimum absolute atomic E-state index is 0.197. The molecule has 0 aromatic heterocycles. The van der Waals surface area contributed by atoms with Gasteiger partial charge in [-0.15, -0.1) is 0 Å². The SMILES string of the molecule is COc1ccc(Br)cc1CC1CCCC1=O. The largest absolute Gasteiger partial charge is 0.496 e. The number of hydrogen-bond acceptors (Lipinski definition) is 2. The molecule has 0 heterocycles. The summed E-state index contributed by atoms with van der Waals surface area (Å²) in [6.07, 6.45) is 3.62. The van der Waals surface area contributed by atoms with E-state index in [1.165, 1.54) is 0 Å². The van der Waals surface area contributed by atoms with E-state index in [4.69, 9.17) is 4.74 Å². The Balaban J connectivity index is 2.19. The number of benzene rings is 1. The number of halogens is 1. The highest BCUT2D eigenvalue weighted by Gasteiger charge is 2.25. The number of carbonyl (C=O) groups excluding carboxylic acids is 1. The van der Waals surface area contributed by atoms with Gasteiger partial charge < -0.3 is 4.74 Å². The van der Waals surface area contributed by atoms with Gasteiger partial charge in [-0.2, -0.15) is 0 Å². The number of ketones is 1. The van der Waals surface area contributed by atoms with E-state index in [1.54, 1.807) is 7.11 Å². The summed E-state index contributed by atoms with van der Waals surface area (Å²) >= 11 is 3.45. The first-order valence-electron chi connectivity index (χ1n) is 5.56. The third-order valence-electron chi connectivity index (χ3n) is 3.14. The summed E-state index contributed by atoms with van der Waals surface area (Å²) in [4.78, 5) is 11.6. The molecule has 1 aromatic rings. The second kappa shape index (κ2) is 5.00. The molecule has 0 spiro atoms. The van der Waals surface area contributed by atoms with E-state index in [0.717, 1.165) is 41.5 Å². The average Bonchev–Trinajstić information content (AvgIpc) is 2.65. The van der Waals surface area contributed by atoms with E-state index < -0.39 is 0 Å². The van der Waals surface area contributed by atoms with Gasteiger partial charge in [-0.1, -0.05) is 15.9 Å². The molecule has 2 rings (SSSR count). The second-order valence-electron chi connectivity index (χ2n) is 4.22. The van der Waals surface area contributed by atoms with Crippen LogP contribution in [0.3, 0.4) is 0 Å². The maximum atomic E-state index is 11.6. The monoisotopic (exact) mass is 282 g/mol. The Kier molecular flexibility index (Phi) is 3.64. The van der Waals surface area contributed by atoms with Crippen molar-refractivity contribution in [2.24, 2.45) is 5.92 Å². The van der Waals surface area contributed by atoms with E-state index in [-0.39, 0.29) is 5.92 Å². The molecule has 1 fully saturated rings. The number of rotatable bonds is 3. The predicted octanol–water partition coefficient (Wildman–Crippen LogP) is 3.37. The van der Waals surface area contributed by atoms with E-state index in [9.17, 15) is 4.79 Å². The Labute approximate surface area is 104 Å². The third kappa shape index (κ3) is 2.46. The van der Waals surface area contributed by atoms with Crippen molar-refractivity contribution in [2.75, 3.05) is 7.11 Å². The lowest BCUT2D eigenvalue weighted by Gasteiger charge is -2.12. The van der Waals surface area contributed by atoms with Crippen molar-refractivity contribution < 1.29 is 9.53 Å². The van der Waals surface area contributed by atoms with Gasteiger partial charge in [-0.05, 0) is 43.0 Å². The van der Waals surface area contributed by atoms with E-state index >= 15 is 0 Å². The zero-order valence-corrected chi connectivity index (χ0v) is 10.9. The molecule has 0 bridgehead atoms. The summed E-state index contributed by atoms with van der Waals surface area (Å²) < 4.78 is 6.35. The number of carbonyl (C=O) groups is 1. The molecular formula is C13H15BrO2. The minimum Gasteiger partial charge on any atom is -0.496 e. The van der Waals surface area contributed by atoms with E-state index in [0.29, 0.717) is 5.78 Å². The van der Waals surface area contributed by atoms with Crippen molar-refractivity contribution >= 4 is 21.7 Å². The number of methoxy groups -OCH3 is 1. The van der Waals surface area contributed by atoms with Crippen LogP contribution in [-0.2, 0) is 11.2 Å². The lowest BCUT2D eigenvalue weighted by atomic mass is 9.96. The van der Waals surface area contributed by atoms with Gasteiger partial charge in [-0.3, -0.25) is 4.79 Å². The van der Waals surface area contributed by atoms with Gasteiger partial charge in [0.25, 0.3) is 0 Å². The fraction of sp³-hybridized carbons (Fsp3) is 0.462. The zero-order valence-electron chi connectivity index (χ0n) is 9.33. The minimum atomic E-state index is 0.197. The molecule has 0 amide bonds. The van der Waals surface area contributed by atoms with Gasteiger partial charge in [0.1, 0.15) is 11.5 Å². The van der Waals surface area contributed by atoms with Crippen molar-refractivity contribution in [3.63, 3.8) is 0 Å². The molecule has 1 atom stereocenters. The van der Waals surface area contributed by atoms with Crippen molar-refractivity contribution in [3.8, 4) is 5.75 Å². The van der Waals surface area contributed by atoms with Crippen molar-refractivity contribution in [2.45, 2.75) is 25.7 Å². The van der Waals surface area contributed by atoms with Crippen LogP contribution in [0.2, 0.25) is 0 Å². The second-order valence-corrected chi connectivity index (χ2v) is 5.13. The van der Waals surface area contributed by atoms with E-state index in [1.807, 2.05) is 18.2 Å². The quantitative estimate of drug-likeness (QED) is 0.850. The Morgan fingerprint density at radius 2 is 2.31 bits per heavy atom. The van der Waals surface area contributed by atoms with Gasteiger partial charge in [0.15, 0.2) is 0 Å². The first kappa shape index (κ1) is 11.6. The molecule has 3 heteroatoms. The average molecular weight is 283 g/mol. The van der Waals surface area contributed by atoms with Gasteiger partial charge >= 0.3 is 0 Å². The highest BCUT2D eigenvalue weighted by Crippen LogP contribution is 2.30. The molecule has 0 aliphatic heterocycles. The molecule has 2 nitrogen and oxygen atoms in total. The van der Waals surface area contributed by atoms with Crippen LogP contribution >= 0.6 is 15.9 Å². The van der Waals surface area contributed by atoms with E-state index in [2.05, 4.69) is 15.9 Å². The van der Waals surface area contributed by atoms with Crippen LogP contribution in [0.5, 0.6) is 5.75 Å². The van der Waals surface area contributed by atoms with Gasteiger partial charge in [0, 0.05) is 16.8 Å². The molecule has 0 radical (unpaired) electrons. The Bertz CT molecular complexity index is 401. The van der Waals surface area contributed by atoms with Crippen LogP contribution in [0.25, 0.3) is 0 Å². The summed E-state index contributed by atoms with van der Waals surface area (Å²) in [6.45, 7) is 0. The summed E-state index contributed by atoms with van der Waals surface area (Å²) in [5.74, 6) is 1.48. The zero-order chi connectivity index (χ0) is 11.5. The fourth-order valence-corrected chi connectivity index (χ4v) is 2.68. The topological polar surface area (TPSA) is 26.3 Å². The third-order valence-corrected chi connectivity index (χ3v) is 3.63. The molecule has 1 aromatic carbocycles. The van der Waals surface area contributed by atoms with Gasteiger partial charge in [0.2, 0.25) is 0 Å². The smallest absolute Gasteiger partial charge is 0.136 e. The summed E-state index contributed by atoms with van der Waals surface area (Å²) in [5.41, 5.74) is 1.12. The lowest BCUT2D eigenvalue weighted by Crippen LogP contribution is -2.10. The van der Waals surface area contributed by atoms with Crippen LogP contribution in [0.15, 0.2) is 22.7 Å². The lowest BCUT2D eigenvalue weighted by molar-refractivity contribution is -0.120. The van der Waals surface area contributed by atoms with Crippen LogP contribution in [0, 0.1) is 5.92 Å². The highest BCUT2D eigenvalue weighted by atomic mass is 79.9. The first-order valence-corrected chi connectivity index (χ1v) is 6.35. The number of hydrogen-bond donors (Lipinski definition) is 0. The summed E-state index contributed by atoms with van der Waals surface area (Å²) in [7, 11) is 1.67. The molecule has 1 saturated carbocycles. The van der Waals surface area contributed by atoms with Crippen LogP contribution in [0.4, 0.5) is 0 Å². The summed E-state index contributed by atoms with van der Waals surface area (Å²) in [5, 5.41) is 0. The van der Waals surface area contributed by atoms with Crippen LogP contribution in [-0.4, -0.2) is 12.9 Å². The van der Waals surface area contributed by atoms with Gasteiger partial charge in [-0.25, -0.2) is 0 Å². The normalized spacial score (nSPS) is 20.1.